The molecule has 0 aromatic heterocycles. The van der Waals surface area contributed by atoms with Crippen LogP contribution in [0.2, 0.25) is 0 Å². The Labute approximate surface area is 116 Å². The molecule has 4 rings (SSSR count). The van der Waals surface area contributed by atoms with Gasteiger partial charge < -0.3 is 10.2 Å². The van der Waals surface area contributed by atoms with Crippen molar-refractivity contribution in [1.82, 2.24) is 5.32 Å². The van der Waals surface area contributed by atoms with Crippen LogP contribution in [0.4, 0.5) is 5.69 Å². The van der Waals surface area contributed by atoms with Crippen molar-refractivity contribution in [1.29, 1.82) is 0 Å². The Morgan fingerprint density at radius 3 is 2.63 bits per heavy atom. The fraction of sp³-hybridized carbons (Fsp3) is 0.647. The molecule has 0 spiro atoms. The summed E-state index contributed by atoms with van der Waals surface area (Å²) >= 11 is 0. The van der Waals surface area contributed by atoms with Gasteiger partial charge in [0, 0.05) is 30.9 Å². The summed E-state index contributed by atoms with van der Waals surface area (Å²) in [5.74, 6) is 0.869. The molecular weight excluding hydrogens is 232 g/mol. The molecule has 1 aromatic rings. The van der Waals surface area contributed by atoms with Gasteiger partial charge in [-0.2, -0.15) is 0 Å². The van der Waals surface area contributed by atoms with Gasteiger partial charge in [0.15, 0.2) is 0 Å². The molecule has 2 heteroatoms. The highest BCUT2D eigenvalue weighted by Crippen LogP contribution is 2.31. The van der Waals surface area contributed by atoms with Gasteiger partial charge in [-0.15, -0.1) is 0 Å². The second kappa shape index (κ2) is 4.52. The van der Waals surface area contributed by atoms with Gasteiger partial charge in [-0.1, -0.05) is 13.0 Å². The molecule has 2 nitrogen and oxygen atoms in total. The number of nitrogens with one attached hydrogen (secondary N) is 1. The van der Waals surface area contributed by atoms with Crippen molar-refractivity contribution in [3.8, 4) is 0 Å². The van der Waals surface area contributed by atoms with Crippen LogP contribution < -0.4 is 10.2 Å². The number of aryl methyl sites for hydroxylation is 1. The fourth-order valence-corrected chi connectivity index (χ4v) is 4.13. The van der Waals surface area contributed by atoms with E-state index in [0.29, 0.717) is 0 Å². The maximum Gasteiger partial charge on any atom is 0.0370 e. The average molecular weight is 256 g/mol. The number of hydrogen-bond acceptors (Lipinski definition) is 2. The van der Waals surface area contributed by atoms with Crippen LogP contribution in [0, 0.1) is 5.92 Å². The maximum atomic E-state index is 3.72. The zero-order chi connectivity index (χ0) is 12.8. The van der Waals surface area contributed by atoms with Crippen molar-refractivity contribution in [2.24, 2.45) is 5.92 Å². The number of piperazine rings is 1. The van der Waals surface area contributed by atoms with Gasteiger partial charge in [0.05, 0.1) is 0 Å². The van der Waals surface area contributed by atoms with Crippen LogP contribution in [-0.2, 0) is 12.8 Å². The lowest BCUT2D eigenvalue weighted by Crippen LogP contribution is -2.51. The largest absolute Gasteiger partial charge is 0.368 e. The van der Waals surface area contributed by atoms with Crippen LogP contribution in [-0.4, -0.2) is 25.2 Å². The summed E-state index contributed by atoms with van der Waals surface area (Å²) in [6, 6.07) is 8.70. The molecule has 3 atom stereocenters. The number of fused-ring (bicyclic) bond motifs is 3. The third-order valence-electron chi connectivity index (χ3n) is 5.25. The third kappa shape index (κ3) is 2.16. The Bertz CT molecular complexity index is 470. The molecule has 0 amide bonds. The molecule has 0 saturated carbocycles. The van der Waals surface area contributed by atoms with Crippen LogP contribution in [0.5, 0.6) is 0 Å². The quantitative estimate of drug-likeness (QED) is 0.831. The Morgan fingerprint density at radius 1 is 1.05 bits per heavy atom. The van der Waals surface area contributed by atoms with Crippen LogP contribution in [0.25, 0.3) is 0 Å². The lowest BCUT2D eigenvalue weighted by molar-refractivity contribution is 0.465. The number of nitrogens with zero attached hydrogens (tertiary/aromatic N) is 1. The average Bonchev–Trinajstić information content (AvgIpc) is 2.77. The second-order valence-electron chi connectivity index (χ2n) is 6.84. The first-order valence-electron chi connectivity index (χ1n) is 7.91. The normalized spacial score (nSPS) is 33.3. The molecule has 2 fully saturated rings. The monoisotopic (exact) mass is 256 g/mol. The van der Waals surface area contributed by atoms with E-state index in [-0.39, 0.29) is 0 Å². The molecule has 2 saturated heterocycles. The van der Waals surface area contributed by atoms with Gasteiger partial charge in [-0.25, -0.2) is 0 Å². The van der Waals surface area contributed by atoms with Gasteiger partial charge in [0.25, 0.3) is 0 Å². The van der Waals surface area contributed by atoms with E-state index < -0.39 is 0 Å². The number of rotatable bonds is 1. The minimum Gasteiger partial charge on any atom is -0.368 e. The van der Waals surface area contributed by atoms with E-state index in [1.165, 1.54) is 50.9 Å². The SMILES string of the molecule is CC1CCc2cc(N3CC4CCC(C3)N4)ccc2C1. The molecule has 102 valence electrons. The van der Waals surface area contributed by atoms with Crippen LogP contribution in [0.1, 0.15) is 37.3 Å². The third-order valence-corrected chi connectivity index (χ3v) is 5.25. The van der Waals surface area contributed by atoms with Crippen LogP contribution in [0.3, 0.4) is 0 Å². The highest BCUT2D eigenvalue weighted by molar-refractivity contribution is 5.52. The van der Waals surface area contributed by atoms with E-state index in [9.17, 15) is 0 Å². The smallest absolute Gasteiger partial charge is 0.0370 e. The summed E-state index contributed by atoms with van der Waals surface area (Å²) in [7, 11) is 0. The molecule has 2 bridgehead atoms. The first kappa shape index (κ1) is 11.8. The van der Waals surface area contributed by atoms with E-state index in [2.05, 4.69) is 35.3 Å². The number of benzene rings is 1. The standard InChI is InChI=1S/C17H24N2/c1-12-2-3-14-9-17(7-4-13(14)8-12)19-10-15-5-6-16(11-19)18-15/h4,7,9,12,15-16,18H,2-3,5-6,8,10-11H2,1H3. The molecule has 2 aliphatic heterocycles. The van der Waals surface area contributed by atoms with Gasteiger partial charge >= 0.3 is 0 Å². The minimum absolute atomic E-state index is 0.731. The van der Waals surface area contributed by atoms with Gasteiger partial charge in [0.1, 0.15) is 0 Å². The molecular formula is C17H24N2. The first-order chi connectivity index (χ1) is 9.28. The van der Waals surface area contributed by atoms with Gasteiger partial charge in [0.2, 0.25) is 0 Å². The zero-order valence-corrected chi connectivity index (χ0v) is 11.9. The molecule has 2 heterocycles. The Kier molecular flexibility index (Phi) is 2.80. The molecule has 19 heavy (non-hydrogen) atoms. The maximum absolute atomic E-state index is 3.72. The van der Waals surface area contributed by atoms with E-state index in [1.54, 1.807) is 11.1 Å². The van der Waals surface area contributed by atoms with Crippen LogP contribution in [0.15, 0.2) is 18.2 Å². The molecule has 1 aliphatic carbocycles. The first-order valence-corrected chi connectivity index (χ1v) is 7.91. The summed E-state index contributed by atoms with van der Waals surface area (Å²) in [4.78, 5) is 2.61. The molecule has 1 N–H and O–H groups in total. The predicted molar refractivity (Wildman–Crippen MR) is 79.8 cm³/mol. The van der Waals surface area contributed by atoms with Crippen molar-refractivity contribution in [2.45, 2.75) is 51.1 Å². The highest BCUT2D eigenvalue weighted by atomic mass is 15.2. The van der Waals surface area contributed by atoms with Gasteiger partial charge in [-0.05, 0) is 61.3 Å². The van der Waals surface area contributed by atoms with E-state index in [0.717, 1.165) is 18.0 Å². The lowest BCUT2D eigenvalue weighted by Gasteiger charge is -2.35. The van der Waals surface area contributed by atoms with Crippen molar-refractivity contribution in [3.05, 3.63) is 29.3 Å². The minimum atomic E-state index is 0.731. The van der Waals surface area contributed by atoms with Crippen molar-refractivity contribution in [2.75, 3.05) is 18.0 Å². The number of anilines is 1. The predicted octanol–water partition coefficient (Wildman–Crippen LogP) is 2.75. The fourth-order valence-electron chi connectivity index (χ4n) is 4.13. The highest BCUT2D eigenvalue weighted by Gasteiger charge is 2.32. The zero-order valence-electron chi connectivity index (χ0n) is 11.9. The summed E-state index contributed by atoms with van der Waals surface area (Å²) < 4.78 is 0. The summed E-state index contributed by atoms with van der Waals surface area (Å²) in [6.07, 6.45) is 6.65. The van der Waals surface area contributed by atoms with E-state index >= 15 is 0 Å². The van der Waals surface area contributed by atoms with Gasteiger partial charge in [-0.3, -0.25) is 0 Å². The molecule has 3 aliphatic rings. The molecule has 0 radical (unpaired) electrons. The van der Waals surface area contributed by atoms with Crippen molar-refractivity contribution >= 4 is 5.69 Å². The number of hydrogen-bond donors (Lipinski definition) is 1. The lowest BCUT2D eigenvalue weighted by atomic mass is 9.85. The van der Waals surface area contributed by atoms with Crippen molar-refractivity contribution in [3.63, 3.8) is 0 Å². The Balaban J connectivity index is 1.59. The summed E-state index contributed by atoms with van der Waals surface area (Å²) in [5.41, 5.74) is 4.67. The second-order valence-corrected chi connectivity index (χ2v) is 6.84. The molecule has 1 aromatic carbocycles. The van der Waals surface area contributed by atoms with E-state index in [1.807, 2.05) is 0 Å². The topological polar surface area (TPSA) is 15.3 Å². The van der Waals surface area contributed by atoms with E-state index in [4.69, 9.17) is 0 Å². The Hall–Kier alpha value is -1.02. The molecule has 3 unspecified atom stereocenters. The van der Waals surface area contributed by atoms with Crippen LogP contribution >= 0.6 is 0 Å². The summed E-state index contributed by atoms with van der Waals surface area (Å²) in [5, 5.41) is 3.72. The Morgan fingerprint density at radius 2 is 1.84 bits per heavy atom. The summed E-state index contributed by atoms with van der Waals surface area (Å²) in [6.45, 7) is 4.78. The van der Waals surface area contributed by atoms with Crippen molar-refractivity contribution < 1.29 is 0 Å².